The number of nitro benzene ring substituents is 1. The maximum atomic E-state index is 14.3. The second-order valence-corrected chi connectivity index (χ2v) is 5.20. The second-order valence-electron chi connectivity index (χ2n) is 4.67. The largest absolute Gasteiger partial charge is 0.760 e. The van der Waals surface area contributed by atoms with Crippen molar-refractivity contribution in [2.75, 3.05) is 19.7 Å². The number of nitrogens with one attached hydrogen (secondary N) is 1. The molecule has 1 heterocycles. The molecule has 0 spiro atoms. The summed E-state index contributed by atoms with van der Waals surface area (Å²) in [6.07, 6.45) is 0.737. The molecule has 1 fully saturated rings. The van der Waals surface area contributed by atoms with Gasteiger partial charge in [0.2, 0.25) is 0 Å². The number of nitro groups is 1. The van der Waals surface area contributed by atoms with Crippen molar-refractivity contribution in [3.8, 4) is 5.75 Å². The van der Waals surface area contributed by atoms with Crippen LogP contribution in [-0.4, -0.2) is 39.1 Å². The predicted octanol–water partition coefficient (Wildman–Crippen LogP) is 0.804. The van der Waals surface area contributed by atoms with E-state index in [0.29, 0.717) is 25.9 Å². The first-order chi connectivity index (χ1) is 10.3. The van der Waals surface area contributed by atoms with E-state index in [1.54, 1.807) is 12.1 Å². The number of hydrogen-bond acceptors (Lipinski definition) is 6. The predicted molar refractivity (Wildman–Crippen MR) is 77.6 cm³/mol. The van der Waals surface area contributed by atoms with Crippen molar-refractivity contribution in [3.63, 3.8) is 0 Å². The fraction of sp³-hybridized carbons (Fsp3) is 0.500. The van der Waals surface area contributed by atoms with E-state index in [0.717, 1.165) is 0 Å². The number of halogens is 1. The molecule has 0 aromatic heterocycles. The summed E-state index contributed by atoms with van der Waals surface area (Å²) in [5.41, 5.74) is -1.52. The van der Waals surface area contributed by atoms with E-state index in [1.165, 1.54) is 12.1 Å². The number of piperidine rings is 1. The number of nitrogens with zero attached hydrogens (tertiary/aromatic N) is 1. The highest BCUT2D eigenvalue weighted by atomic mass is 32.2. The van der Waals surface area contributed by atoms with Crippen LogP contribution >= 0.6 is 0 Å². The average Bonchev–Trinajstić information content (AvgIpc) is 2.46. The van der Waals surface area contributed by atoms with Crippen LogP contribution in [0.1, 0.15) is 12.8 Å². The topological polar surface area (TPSA) is 131 Å². The van der Waals surface area contributed by atoms with Gasteiger partial charge in [0.05, 0.1) is 4.92 Å². The number of nitrogens with two attached hydrogens (primary N) is 1. The first-order valence-corrected chi connectivity index (χ1v) is 7.57. The van der Waals surface area contributed by atoms with Gasteiger partial charge in [-0.3, -0.25) is 19.5 Å². The highest BCUT2D eigenvalue weighted by Gasteiger charge is 2.33. The van der Waals surface area contributed by atoms with Crippen LogP contribution in [0.2, 0.25) is 0 Å². The first kappa shape index (κ1) is 18.4. The first-order valence-electron chi connectivity index (χ1n) is 6.43. The van der Waals surface area contributed by atoms with Gasteiger partial charge in [-0.25, -0.2) is 4.39 Å². The quantitative estimate of drug-likeness (QED) is 0.476. The Bertz CT molecular complexity index is 521. The molecule has 0 amide bonds. The molecule has 1 aromatic rings. The van der Waals surface area contributed by atoms with E-state index >= 15 is 0 Å². The lowest BCUT2D eigenvalue weighted by Crippen LogP contribution is -2.42. The second kappa shape index (κ2) is 8.73. The molecule has 0 saturated carbocycles. The zero-order chi connectivity index (χ0) is 16.6. The summed E-state index contributed by atoms with van der Waals surface area (Å²) in [4.78, 5) is 10.2. The molecular formula is C12H17FN3O5S-. The molecule has 1 aliphatic rings. The van der Waals surface area contributed by atoms with E-state index in [2.05, 4.69) is 10.5 Å². The van der Waals surface area contributed by atoms with Crippen molar-refractivity contribution < 1.29 is 22.8 Å². The number of ether oxygens (including phenoxy) is 1. The summed E-state index contributed by atoms with van der Waals surface area (Å²) in [5, 5.41) is 17.9. The lowest BCUT2D eigenvalue weighted by Gasteiger charge is -2.29. The van der Waals surface area contributed by atoms with Crippen LogP contribution in [0, 0.1) is 10.1 Å². The number of hydrogen-bond donors (Lipinski definition) is 2. The Morgan fingerprint density at radius 1 is 1.41 bits per heavy atom. The zero-order valence-corrected chi connectivity index (χ0v) is 12.5. The molecule has 22 heavy (non-hydrogen) atoms. The van der Waals surface area contributed by atoms with Crippen molar-refractivity contribution in [2.24, 2.45) is 5.14 Å². The molecule has 2 rings (SSSR count). The van der Waals surface area contributed by atoms with Gasteiger partial charge in [0.25, 0.3) is 0 Å². The van der Waals surface area contributed by atoms with Crippen LogP contribution in [0.5, 0.6) is 5.75 Å². The van der Waals surface area contributed by atoms with Crippen molar-refractivity contribution in [3.05, 3.63) is 34.4 Å². The molecule has 1 saturated heterocycles. The third-order valence-electron chi connectivity index (χ3n) is 3.05. The van der Waals surface area contributed by atoms with Crippen LogP contribution in [0.3, 0.4) is 0 Å². The normalized spacial score (nSPS) is 17.8. The molecule has 1 aliphatic heterocycles. The fourth-order valence-electron chi connectivity index (χ4n) is 1.96. The molecular weight excluding hydrogens is 317 g/mol. The van der Waals surface area contributed by atoms with Crippen molar-refractivity contribution in [1.29, 1.82) is 0 Å². The number of rotatable bonds is 4. The summed E-state index contributed by atoms with van der Waals surface area (Å²) in [5.74, 6) is 0.123. The molecule has 0 bridgehead atoms. The smallest absolute Gasteiger partial charge is 0.310 e. The van der Waals surface area contributed by atoms with Gasteiger partial charge < -0.3 is 14.6 Å². The highest BCUT2D eigenvalue weighted by Crippen LogP contribution is 2.29. The summed E-state index contributed by atoms with van der Waals surface area (Å²) in [6.45, 7) is 1.08. The third kappa shape index (κ3) is 6.43. The van der Waals surface area contributed by atoms with E-state index in [1.807, 2.05) is 0 Å². The monoisotopic (exact) mass is 334 g/mol. The Balaban J connectivity index is 0.000000541. The van der Waals surface area contributed by atoms with Gasteiger partial charge in [-0.1, -0.05) is 12.1 Å². The van der Waals surface area contributed by atoms with Gasteiger partial charge in [-0.15, -0.1) is 0 Å². The minimum Gasteiger partial charge on any atom is -0.760 e. The molecule has 1 aromatic carbocycles. The van der Waals surface area contributed by atoms with Crippen LogP contribution in [0.25, 0.3) is 0 Å². The lowest BCUT2D eigenvalue weighted by molar-refractivity contribution is -0.386. The van der Waals surface area contributed by atoms with Gasteiger partial charge in [0, 0.05) is 17.3 Å². The standard InChI is InChI=1S/C12H15FN2O3.H3NO2S/c13-12(5-7-14-8-6-12)9-18-11-4-2-1-3-10(11)15(16)17;1-4(2)3/h1-4,14H,5-9H2;1H2,(H,2,3)/p-1. The maximum Gasteiger partial charge on any atom is 0.310 e. The lowest BCUT2D eigenvalue weighted by atomic mass is 9.95. The van der Waals surface area contributed by atoms with Crippen LogP contribution in [0.15, 0.2) is 24.3 Å². The molecule has 1 unspecified atom stereocenters. The van der Waals surface area contributed by atoms with E-state index < -0.39 is 21.9 Å². The van der Waals surface area contributed by atoms with Crippen LogP contribution in [0.4, 0.5) is 10.1 Å². The molecule has 10 heteroatoms. The number of alkyl halides is 1. The Morgan fingerprint density at radius 2 is 1.95 bits per heavy atom. The highest BCUT2D eigenvalue weighted by molar-refractivity contribution is 7.76. The summed E-state index contributed by atoms with van der Waals surface area (Å²) in [6, 6.07) is 6.03. The van der Waals surface area contributed by atoms with Crippen molar-refractivity contribution in [2.45, 2.75) is 18.5 Å². The third-order valence-corrected chi connectivity index (χ3v) is 3.05. The van der Waals surface area contributed by atoms with E-state index in [4.69, 9.17) is 13.5 Å². The van der Waals surface area contributed by atoms with Gasteiger partial charge in [-0.2, -0.15) is 0 Å². The minimum atomic E-state index is -2.36. The molecule has 3 N–H and O–H groups in total. The minimum absolute atomic E-state index is 0.123. The average molecular weight is 334 g/mol. The Labute approximate surface area is 129 Å². The summed E-state index contributed by atoms with van der Waals surface area (Å²) >= 11 is -2.36. The Hall–Kier alpha value is -1.62. The maximum absolute atomic E-state index is 14.3. The fourth-order valence-corrected chi connectivity index (χ4v) is 1.96. The molecule has 124 valence electrons. The van der Waals surface area contributed by atoms with Crippen molar-refractivity contribution in [1.82, 2.24) is 5.32 Å². The Morgan fingerprint density at radius 3 is 2.50 bits per heavy atom. The van der Waals surface area contributed by atoms with Gasteiger partial charge >= 0.3 is 5.69 Å². The van der Waals surface area contributed by atoms with Crippen molar-refractivity contribution >= 4 is 17.0 Å². The summed E-state index contributed by atoms with van der Waals surface area (Å²) < 4.78 is 37.1. The molecule has 0 aliphatic carbocycles. The van der Waals surface area contributed by atoms with Gasteiger partial charge in [0.1, 0.15) is 12.3 Å². The van der Waals surface area contributed by atoms with E-state index in [-0.39, 0.29) is 18.0 Å². The van der Waals surface area contributed by atoms with Gasteiger partial charge in [-0.05, 0) is 32.0 Å². The molecule has 1 atom stereocenters. The molecule has 0 radical (unpaired) electrons. The van der Waals surface area contributed by atoms with Crippen LogP contribution in [-0.2, 0) is 11.3 Å². The molecule has 8 nitrogen and oxygen atoms in total. The van der Waals surface area contributed by atoms with Gasteiger partial charge in [0.15, 0.2) is 5.75 Å². The Kier molecular flexibility index (Phi) is 7.32. The number of para-hydroxylation sites is 2. The SMILES string of the molecule is NS(=O)[O-].O=[N+]([O-])c1ccccc1OCC1(F)CCNCC1. The summed E-state index contributed by atoms with van der Waals surface area (Å²) in [7, 11) is 0. The number of benzene rings is 1. The van der Waals surface area contributed by atoms with Crippen LogP contribution < -0.4 is 15.2 Å². The zero-order valence-electron chi connectivity index (χ0n) is 11.7. The van der Waals surface area contributed by atoms with E-state index in [9.17, 15) is 14.5 Å².